The molecule has 0 radical (unpaired) electrons. The zero-order chi connectivity index (χ0) is 23.4. The third-order valence-corrected chi connectivity index (χ3v) is 6.63. The third-order valence-electron chi connectivity index (χ3n) is 6.63. The lowest BCUT2D eigenvalue weighted by molar-refractivity contribution is 0.0929. The van der Waals surface area contributed by atoms with Crippen LogP contribution in [0.1, 0.15) is 70.4 Å². The second-order valence-corrected chi connectivity index (χ2v) is 9.02. The summed E-state index contributed by atoms with van der Waals surface area (Å²) in [5, 5.41) is 8.65. The van der Waals surface area contributed by atoms with Gasteiger partial charge in [0, 0.05) is 37.2 Å². The summed E-state index contributed by atoms with van der Waals surface area (Å²) in [6.45, 7) is 3.59. The first-order valence-electron chi connectivity index (χ1n) is 11.7. The fraction of sp³-hybridized carbons (Fsp3) is 0.462. The molecule has 2 aliphatic rings. The van der Waals surface area contributed by atoms with E-state index in [9.17, 15) is 14.0 Å². The fourth-order valence-corrected chi connectivity index (χ4v) is 4.92. The minimum atomic E-state index is -1.20. The minimum Gasteiger partial charge on any atom is -0.489 e. The average Bonchev–Trinajstić information content (AvgIpc) is 3.17. The van der Waals surface area contributed by atoms with Crippen molar-refractivity contribution >= 4 is 11.8 Å². The molecule has 2 heterocycles. The van der Waals surface area contributed by atoms with Crippen LogP contribution in [0.15, 0.2) is 42.5 Å². The number of nitrogens with one attached hydrogen (secondary N) is 3. The highest BCUT2D eigenvalue weighted by Gasteiger charge is 2.36. The monoisotopic (exact) mass is 453 g/mol. The Morgan fingerprint density at radius 3 is 2.70 bits per heavy atom. The maximum atomic E-state index is 14.8. The van der Waals surface area contributed by atoms with E-state index in [1.54, 1.807) is 13.1 Å². The van der Waals surface area contributed by atoms with E-state index in [4.69, 9.17) is 4.74 Å². The van der Waals surface area contributed by atoms with Crippen LogP contribution in [0.4, 0.5) is 4.39 Å². The lowest BCUT2D eigenvalue weighted by Crippen LogP contribution is -2.42. The second kappa shape index (κ2) is 9.91. The van der Waals surface area contributed by atoms with Gasteiger partial charge in [0.25, 0.3) is 11.8 Å². The zero-order valence-electron chi connectivity index (χ0n) is 19.2. The number of hydrogen-bond donors (Lipinski definition) is 3. The smallest absolute Gasteiger partial charge is 0.254 e. The summed E-state index contributed by atoms with van der Waals surface area (Å²) >= 11 is 0. The van der Waals surface area contributed by atoms with E-state index in [2.05, 4.69) is 16.0 Å². The van der Waals surface area contributed by atoms with Crippen molar-refractivity contribution in [2.24, 2.45) is 0 Å². The number of carbonyl (C=O) groups excluding carboxylic acids is 2. The van der Waals surface area contributed by atoms with E-state index in [-0.39, 0.29) is 23.8 Å². The molecule has 0 aliphatic carbocycles. The summed E-state index contributed by atoms with van der Waals surface area (Å²) in [6.07, 6.45) is 2.20. The summed E-state index contributed by atoms with van der Waals surface area (Å²) in [5.41, 5.74) is 1.45. The number of rotatable bonds is 7. The van der Waals surface area contributed by atoms with Gasteiger partial charge in [0.05, 0.1) is 5.56 Å². The van der Waals surface area contributed by atoms with Crippen molar-refractivity contribution in [1.29, 1.82) is 0 Å². The van der Waals surface area contributed by atoms with E-state index >= 15 is 0 Å². The quantitative estimate of drug-likeness (QED) is 0.560. The minimum absolute atomic E-state index is 0.0810. The molecule has 33 heavy (non-hydrogen) atoms. The molecule has 1 fully saturated rings. The molecule has 4 rings (SSSR count). The first-order chi connectivity index (χ1) is 15.9. The highest BCUT2D eigenvalue weighted by molar-refractivity contribution is 6.02. The molecule has 2 aliphatic heterocycles. The van der Waals surface area contributed by atoms with Crippen molar-refractivity contribution in [1.82, 2.24) is 16.0 Å². The summed E-state index contributed by atoms with van der Waals surface area (Å²) in [4.78, 5) is 25.6. The highest BCUT2D eigenvalue weighted by atomic mass is 19.1. The first kappa shape index (κ1) is 23.2. The van der Waals surface area contributed by atoms with E-state index in [0.29, 0.717) is 49.2 Å². The van der Waals surface area contributed by atoms with Crippen LogP contribution in [0.2, 0.25) is 0 Å². The van der Waals surface area contributed by atoms with Gasteiger partial charge in [-0.15, -0.1) is 0 Å². The van der Waals surface area contributed by atoms with Gasteiger partial charge in [-0.25, -0.2) is 4.39 Å². The number of hydrogen-bond acceptors (Lipinski definition) is 4. The lowest BCUT2D eigenvalue weighted by atomic mass is 9.87. The van der Waals surface area contributed by atoms with Gasteiger partial charge in [-0.05, 0) is 56.8 Å². The predicted octanol–water partition coefficient (Wildman–Crippen LogP) is 3.56. The topological polar surface area (TPSA) is 79.5 Å². The first-order valence-corrected chi connectivity index (χ1v) is 11.7. The van der Waals surface area contributed by atoms with Gasteiger partial charge in [-0.2, -0.15) is 0 Å². The Kier molecular flexibility index (Phi) is 6.98. The third kappa shape index (κ3) is 5.03. The molecule has 0 bridgehead atoms. The summed E-state index contributed by atoms with van der Waals surface area (Å²) in [6, 6.07) is 13.3. The molecule has 6 nitrogen and oxygen atoms in total. The number of carbonyl (C=O) groups is 2. The molecule has 7 heteroatoms. The van der Waals surface area contributed by atoms with Crippen LogP contribution in [-0.4, -0.2) is 50.3 Å². The molecule has 3 N–H and O–H groups in total. The van der Waals surface area contributed by atoms with E-state index in [0.717, 1.165) is 24.1 Å². The Morgan fingerprint density at radius 2 is 2.00 bits per heavy atom. The van der Waals surface area contributed by atoms with E-state index < -0.39 is 5.67 Å². The second-order valence-electron chi connectivity index (χ2n) is 9.02. The summed E-state index contributed by atoms with van der Waals surface area (Å²) in [5.74, 6) is -0.131. The van der Waals surface area contributed by atoms with Gasteiger partial charge in [-0.3, -0.25) is 9.59 Å². The molecule has 2 aromatic rings. The molecule has 2 amide bonds. The number of ether oxygens (including phenoxy) is 1. The van der Waals surface area contributed by atoms with Crippen molar-refractivity contribution in [3.8, 4) is 5.75 Å². The largest absolute Gasteiger partial charge is 0.489 e. The lowest BCUT2D eigenvalue weighted by Gasteiger charge is -2.30. The van der Waals surface area contributed by atoms with Gasteiger partial charge in [0.1, 0.15) is 17.5 Å². The standard InChI is InChI=1S/C26H32FN3O3/c1-17-22(18-8-4-3-5-9-18)20-14-19(15-21(23(20)33-17)25(32)28-2)24(31)30-13-7-11-26(27)10-6-12-29-16-26/h3-5,8-9,14-15,17,22,29H,6-7,10-13,16H2,1-2H3,(H,28,32)(H,30,31)/t17-,22+,26?/m1/s1. The van der Waals surface area contributed by atoms with Crippen LogP contribution in [0.25, 0.3) is 0 Å². The Labute approximate surface area is 194 Å². The highest BCUT2D eigenvalue weighted by Crippen LogP contribution is 2.44. The van der Waals surface area contributed by atoms with Gasteiger partial charge < -0.3 is 20.7 Å². The maximum Gasteiger partial charge on any atom is 0.254 e. The van der Waals surface area contributed by atoms with E-state index in [1.165, 1.54) is 0 Å². The van der Waals surface area contributed by atoms with E-state index in [1.807, 2.05) is 43.3 Å². The maximum absolute atomic E-state index is 14.8. The van der Waals surface area contributed by atoms with Crippen molar-refractivity contribution in [3.05, 3.63) is 64.7 Å². The van der Waals surface area contributed by atoms with Crippen molar-refractivity contribution in [3.63, 3.8) is 0 Å². The number of benzene rings is 2. The van der Waals surface area contributed by atoms with Crippen LogP contribution in [0.5, 0.6) is 5.75 Å². The molecular weight excluding hydrogens is 421 g/mol. The number of amides is 2. The predicted molar refractivity (Wildman–Crippen MR) is 126 cm³/mol. The SMILES string of the molecule is CNC(=O)c1cc(C(=O)NCCCC2(F)CCCNC2)cc2c1O[C@H](C)[C@H]2c1ccccc1. The van der Waals surface area contributed by atoms with Crippen LogP contribution >= 0.6 is 0 Å². The molecule has 1 saturated heterocycles. The van der Waals surface area contributed by atoms with Gasteiger partial charge >= 0.3 is 0 Å². The van der Waals surface area contributed by atoms with Crippen molar-refractivity contribution in [2.45, 2.75) is 50.3 Å². The number of halogens is 1. The molecule has 1 unspecified atom stereocenters. The van der Waals surface area contributed by atoms with Crippen LogP contribution in [0, 0.1) is 0 Å². The molecule has 3 atom stereocenters. The van der Waals surface area contributed by atoms with Gasteiger partial charge in [-0.1, -0.05) is 30.3 Å². The molecule has 2 aromatic carbocycles. The fourth-order valence-electron chi connectivity index (χ4n) is 4.92. The molecule has 0 aromatic heterocycles. The molecule has 0 saturated carbocycles. The number of piperidine rings is 1. The summed E-state index contributed by atoms with van der Waals surface area (Å²) < 4.78 is 20.9. The Bertz CT molecular complexity index is 1010. The number of fused-ring (bicyclic) bond motifs is 1. The molecular formula is C26H32FN3O3. The molecule has 176 valence electrons. The molecule has 0 spiro atoms. The van der Waals surface area contributed by atoms with Crippen LogP contribution in [-0.2, 0) is 0 Å². The summed E-state index contributed by atoms with van der Waals surface area (Å²) in [7, 11) is 1.56. The van der Waals surface area contributed by atoms with Crippen molar-refractivity contribution < 1.29 is 18.7 Å². The van der Waals surface area contributed by atoms with Crippen LogP contribution in [0.3, 0.4) is 0 Å². The van der Waals surface area contributed by atoms with Gasteiger partial charge in [0.2, 0.25) is 0 Å². The van der Waals surface area contributed by atoms with Crippen molar-refractivity contribution in [2.75, 3.05) is 26.7 Å². The average molecular weight is 454 g/mol. The van der Waals surface area contributed by atoms with Gasteiger partial charge in [0.15, 0.2) is 0 Å². The Hall–Kier alpha value is -2.93. The zero-order valence-corrected chi connectivity index (χ0v) is 19.2. The normalized spacial score (nSPS) is 24.0. The Balaban J connectivity index is 1.53. The van der Waals surface area contributed by atoms with Crippen LogP contribution < -0.4 is 20.7 Å². The number of alkyl halides is 1. The Morgan fingerprint density at radius 1 is 1.21 bits per heavy atom.